The summed E-state index contributed by atoms with van der Waals surface area (Å²) in [6.07, 6.45) is 0. The molecule has 1 heteroatoms. The second kappa shape index (κ2) is 10.4. The molecule has 0 fully saturated rings. The highest BCUT2D eigenvalue weighted by Crippen LogP contribution is 2.48. The summed E-state index contributed by atoms with van der Waals surface area (Å²) in [5.41, 5.74) is 7.58. The summed E-state index contributed by atoms with van der Waals surface area (Å²) in [5, 5.41) is 12.8. The molecule has 9 aromatic carbocycles. The third-order valence-corrected chi connectivity index (χ3v) is 11.0. The standard InChI is InChI=1S/C46H28S/c1-2-12-29(13-3-1)39-26-31-23-22-30-14-4-5-15-33(30)40(31)28-42(39)46-37-19-8-6-17-35(37)45(36-18-7-9-20-38(36)46)32-24-25-44-41(27-32)34-16-10-11-21-43(34)47-44/h1-28H. The van der Waals surface area contributed by atoms with Crippen LogP contribution in [0.15, 0.2) is 170 Å². The first kappa shape index (κ1) is 26.5. The fourth-order valence-corrected chi connectivity index (χ4v) is 8.82. The summed E-state index contributed by atoms with van der Waals surface area (Å²) in [7, 11) is 0. The van der Waals surface area contributed by atoms with Crippen molar-refractivity contribution < 1.29 is 0 Å². The van der Waals surface area contributed by atoms with E-state index < -0.39 is 0 Å². The molecule has 0 atom stereocenters. The van der Waals surface area contributed by atoms with Gasteiger partial charge in [0, 0.05) is 20.2 Å². The van der Waals surface area contributed by atoms with Crippen LogP contribution in [0.1, 0.15) is 0 Å². The van der Waals surface area contributed by atoms with Gasteiger partial charge in [-0.2, -0.15) is 0 Å². The minimum Gasteiger partial charge on any atom is -0.135 e. The summed E-state index contributed by atoms with van der Waals surface area (Å²) in [6.45, 7) is 0. The Labute approximate surface area is 276 Å². The minimum absolute atomic E-state index is 1.23. The number of hydrogen-bond acceptors (Lipinski definition) is 1. The lowest BCUT2D eigenvalue weighted by molar-refractivity contribution is 1.63. The van der Waals surface area contributed by atoms with Crippen LogP contribution in [0.3, 0.4) is 0 Å². The van der Waals surface area contributed by atoms with Crippen molar-refractivity contribution in [3.63, 3.8) is 0 Å². The van der Waals surface area contributed by atoms with Crippen molar-refractivity contribution in [1.29, 1.82) is 0 Å². The molecule has 10 aromatic rings. The van der Waals surface area contributed by atoms with E-state index in [1.54, 1.807) is 0 Å². The van der Waals surface area contributed by atoms with Crippen molar-refractivity contribution in [2.45, 2.75) is 0 Å². The average Bonchev–Trinajstić information content (AvgIpc) is 3.51. The first-order valence-electron chi connectivity index (χ1n) is 16.2. The number of fused-ring (bicyclic) bond motifs is 8. The van der Waals surface area contributed by atoms with Gasteiger partial charge in [0.05, 0.1) is 0 Å². The van der Waals surface area contributed by atoms with Gasteiger partial charge in [-0.05, 0) is 107 Å². The Morgan fingerprint density at radius 3 is 1.60 bits per heavy atom. The van der Waals surface area contributed by atoms with Gasteiger partial charge in [0.2, 0.25) is 0 Å². The highest BCUT2D eigenvalue weighted by Gasteiger charge is 2.20. The monoisotopic (exact) mass is 612 g/mol. The topological polar surface area (TPSA) is 0 Å². The van der Waals surface area contributed by atoms with Crippen molar-refractivity contribution in [3.8, 4) is 33.4 Å². The molecule has 0 saturated carbocycles. The van der Waals surface area contributed by atoms with Crippen LogP contribution in [0.2, 0.25) is 0 Å². The van der Waals surface area contributed by atoms with Crippen molar-refractivity contribution >= 4 is 74.6 Å². The van der Waals surface area contributed by atoms with Crippen molar-refractivity contribution in [3.05, 3.63) is 170 Å². The van der Waals surface area contributed by atoms with Crippen LogP contribution in [0.4, 0.5) is 0 Å². The van der Waals surface area contributed by atoms with E-state index in [4.69, 9.17) is 0 Å². The van der Waals surface area contributed by atoms with Gasteiger partial charge in [0.1, 0.15) is 0 Å². The predicted molar refractivity (Wildman–Crippen MR) is 206 cm³/mol. The summed E-state index contributed by atoms with van der Waals surface area (Å²) in [4.78, 5) is 0. The molecule has 0 unspecified atom stereocenters. The van der Waals surface area contributed by atoms with E-state index in [1.807, 2.05) is 11.3 Å². The number of rotatable bonds is 3. The molecule has 1 heterocycles. The van der Waals surface area contributed by atoms with E-state index in [1.165, 1.54) is 96.6 Å². The van der Waals surface area contributed by atoms with Crippen molar-refractivity contribution in [1.82, 2.24) is 0 Å². The van der Waals surface area contributed by atoms with E-state index in [-0.39, 0.29) is 0 Å². The SMILES string of the molecule is c1ccc(-c2cc3ccc4ccccc4c3cc2-c2c3ccccc3c(-c3ccc4sc5ccccc5c4c3)c3ccccc23)cc1. The van der Waals surface area contributed by atoms with Crippen LogP contribution in [0, 0.1) is 0 Å². The fraction of sp³-hybridized carbons (Fsp3) is 0. The lowest BCUT2D eigenvalue weighted by atomic mass is 9.82. The Balaban J connectivity index is 1.35. The summed E-state index contributed by atoms with van der Waals surface area (Å²) >= 11 is 1.87. The zero-order chi connectivity index (χ0) is 30.9. The lowest BCUT2D eigenvalue weighted by Crippen LogP contribution is -1.93. The zero-order valence-electron chi connectivity index (χ0n) is 25.6. The number of hydrogen-bond donors (Lipinski definition) is 0. The van der Waals surface area contributed by atoms with Crippen LogP contribution in [0.25, 0.3) is 96.6 Å². The molecule has 0 spiro atoms. The molecule has 0 amide bonds. The number of thiophene rings is 1. The van der Waals surface area contributed by atoms with Gasteiger partial charge in [-0.15, -0.1) is 11.3 Å². The molecule has 0 saturated heterocycles. The van der Waals surface area contributed by atoms with Gasteiger partial charge in [-0.25, -0.2) is 0 Å². The molecule has 0 bridgehead atoms. The van der Waals surface area contributed by atoms with E-state index in [9.17, 15) is 0 Å². The summed E-state index contributed by atoms with van der Waals surface area (Å²) in [5.74, 6) is 0. The second-order valence-corrected chi connectivity index (χ2v) is 13.5. The molecule has 0 aliphatic rings. The molecule has 218 valence electrons. The predicted octanol–water partition coefficient (Wildman–Crippen LogP) is 13.7. The third kappa shape index (κ3) is 4.07. The first-order valence-corrected chi connectivity index (χ1v) is 17.0. The quantitative estimate of drug-likeness (QED) is 0.138. The van der Waals surface area contributed by atoms with Crippen molar-refractivity contribution in [2.24, 2.45) is 0 Å². The average molecular weight is 613 g/mol. The smallest absolute Gasteiger partial charge is 0.0355 e. The molecule has 0 radical (unpaired) electrons. The minimum atomic E-state index is 1.23. The van der Waals surface area contributed by atoms with Gasteiger partial charge >= 0.3 is 0 Å². The van der Waals surface area contributed by atoms with E-state index in [0.717, 1.165) is 0 Å². The highest BCUT2D eigenvalue weighted by atomic mass is 32.1. The normalized spacial score (nSPS) is 11.8. The molecule has 1 aromatic heterocycles. The van der Waals surface area contributed by atoms with Gasteiger partial charge in [-0.1, -0.05) is 140 Å². The van der Waals surface area contributed by atoms with Crippen LogP contribution < -0.4 is 0 Å². The highest BCUT2D eigenvalue weighted by molar-refractivity contribution is 7.25. The number of benzene rings is 9. The van der Waals surface area contributed by atoms with E-state index in [0.29, 0.717) is 0 Å². The lowest BCUT2D eigenvalue weighted by Gasteiger charge is -2.21. The van der Waals surface area contributed by atoms with Crippen LogP contribution >= 0.6 is 11.3 Å². The molecular formula is C46H28S. The van der Waals surface area contributed by atoms with Crippen LogP contribution in [-0.2, 0) is 0 Å². The van der Waals surface area contributed by atoms with Gasteiger partial charge in [-0.3, -0.25) is 0 Å². The molecular weight excluding hydrogens is 585 g/mol. The Bertz CT molecular complexity index is 2780. The van der Waals surface area contributed by atoms with E-state index >= 15 is 0 Å². The molecule has 47 heavy (non-hydrogen) atoms. The van der Waals surface area contributed by atoms with Crippen LogP contribution in [-0.4, -0.2) is 0 Å². The maximum Gasteiger partial charge on any atom is 0.0355 e. The fourth-order valence-electron chi connectivity index (χ4n) is 7.73. The van der Waals surface area contributed by atoms with Gasteiger partial charge in [0.25, 0.3) is 0 Å². The summed E-state index contributed by atoms with van der Waals surface area (Å²) in [6, 6.07) is 62.9. The Morgan fingerprint density at radius 1 is 0.277 bits per heavy atom. The maximum absolute atomic E-state index is 2.46. The molecule has 0 aliphatic heterocycles. The third-order valence-electron chi connectivity index (χ3n) is 9.83. The molecule has 0 nitrogen and oxygen atoms in total. The molecule has 0 aliphatic carbocycles. The Morgan fingerprint density at radius 2 is 0.851 bits per heavy atom. The second-order valence-electron chi connectivity index (χ2n) is 12.4. The van der Waals surface area contributed by atoms with Crippen molar-refractivity contribution in [2.75, 3.05) is 0 Å². The first-order chi connectivity index (χ1) is 23.3. The molecule has 0 N–H and O–H groups in total. The van der Waals surface area contributed by atoms with Crippen LogP contribution in [0.5, 0.6) is 0 Å². The largest absolute Gasteiger partial charge is 0.135 e. The Hall–Kier alpha value is -5.76. The molecule has 10 rings (SSSR count). The maximum atomic E-state index is 2.46. The Kier molecular flexibility index (Phi) is 5.85. The van der Waals surface area contributed by atoms with E-state index in [2.05, 4.69) is 170 Å². The zero-order valence-corrected chi connectivity index (χ0v) is 26.4. The summed E-state index contributed by atoms with van der Waals surface area (Å²) < 4.78 is 2.66. The van der Waals surface area contributed by atoms with Gasteiger partial charge in [0.15, 0.2) is 0 Å². The van der Waals surface area contributed by atoms with Gasteiger partial charge < -0.3 is 0 Å².